The topological polar surface area (TPSA) is 139 Å². The molecule has 5 rings (SSSR count). The Labute approximate surface area is 218 Å². The molecular formula is C25H28ClN7O4. The molecule has 11 nitrogen and oxygen atoms in total. The highest BCUT2D eigenvalue weighted by Crippen LogP contribution is 2.34. The van der Waals surface area contributed by atoms with Crippen molar-refractivity contribution in [3.63, 3.8) is 0 Å². The summed E-state index contributed by atoms with van der Waals surface area (Å²) in [5, 5.41) is 28.9. The van der Waals surface area contributed by atoms with Gasteiger partial charge in [0.1, 0.15) is 0 Å². The number of halogens is 1. The molecule has 37 heavy (non-hydrogen) atoms. The van der Waals surface area contributed by atoms with E-state index in [2.05, 4.69) is 30.9 Å². The van der Waals surface area contributed by atoms with Crippen LogP contribution in [0.1, 0.15) is 25.7 Å². The number of hydrogen-bond acceptors (Lipinski definition) is 8. The number of aromatic amines is 1. The monoisotopic (exact) mass is 525 g/mol. The van der Waals surface area contributed by atoms with E-state index < -0.39 is 6.10 Å². The maximum atomic E-state index is 12.4. The van der Waals surface area contributed by atoms with E-state index >= 15 is 0 Å². The summed E-state index contributed by atoms with van der Waals surface area (Å²) in [6.07, 6.45) is 4.59. The maximum Gasteiger partial charge on any atom is 0.258 e. The van der Waals surface area contributed by atoms with E-state index in [9.17, 15) is 9.90 Å². The van der Waals surface area contributed by atoms with Crippen LogP contribution in [0.3, 0.4) is 0 Å². The zero-order valence-electron chi connectivity index (χ0n) is 20.5. The molecule has 2 heterocycles. The van der Waals surface area contributed by atoms with Crippen molar-refractivity contribution in [3.05, 3.63) is 41.6 Å². The molecule has 2 atom stereocenters. The minimum Gasteiger partial charge on any atom is -0.493 e. The quantitative estimate of drug-likeness (QED) is 0.274. The third kappa shape index (κ3) is 5.32. The zero-order valence-corrected chi connectivity index (χ0v) is 21.2. The first kappa shape index (κ1) is 24.8. The number of carbonyl (C=O) groups is 1. The molecule has 12 heteroatoms. The molecule has 2 aromatic heterocycles. The minimum atomic E-state index is -0.513. The van der Waals surface area contributed by atoms with E-state index in [1.165, 1.54) is 7.11 Å². The first-order valence-electron chi connectivity index (χ1n) is 12.0. The van der Waals surface area contributed by atoms with Gasteiger partial charge in [0.05, 0.1) is 41.7 Å². The second-order valence-electron chi connectivity index (χ2n) is 8.95. The Morgan fingerprint density at radius 3 is 2.89 bits per heavy atom. The lowest BCUT2D eigenvalue weighted by molar-refractivity contribution is -0.125. The van der Waals surface area contributed by atoms with E-state index in [1.807, 2.05) is 12.1 Å². The molecule has 0 aliphatic heterocycles. The number of carbonyl (C=O) groups excluding carboxylic acids is 1. The highest BCUT2D eigenvalue weighted by molar-refractivity contribution is 6.38. The summed E-state index contributed by atoms with van der Waals surface area (Å²) < 4.78 is 12.8. The lowest BCUT2D eigenvalue weighted by Gasteiger charge is -2.28. The van der Waals surface area contributed by atoms with E-state index in [-0.39, 0.29) is 18.6 Å². The fraction of sp³-hybridized carbons (Fsp3) is 0.360. The number of nitrogens with one attached hydrogen (secondary N) is 3. The van der Waals surface area contributed by atoms with Crippen LogP contribution in [0.4, 0.5) is 11.6 Å². The number of fused-ring (bicyclic) bond motifs is 1. The molecule has 1 aliphatic carbocycles. The number of methoxy groups -OCH3 is 1. The van der Waals surface area contributed by atoms with Crippen molar-refractivity contribution in [1.29, 1.82) is 0 Å². The average Bonchev–Trinajstić information content (AvgIpc) is 3.53. The molecule has 194 valence electrons. The molecular weight excluding hydrogens is 498 g/mol. The van der Waals surface area contributed by atoms with Gasteiger partial charge < -0.3 is 25.2 Å². The van der Waals surface area contributed by atoms with E-state index in [4.69, 9.17) is 21.1 Å². The van der Waals surface area contributed by atoms with Gasteiger partial charge in [-0.1, -0.05) is 24.4 Å². The number of H-pyrrole nitrogens is 1. The zero-order chi connectivity index (χ0) is 25.9. The third-order valence-electron chi connectivity index (χ3n) is 6.42. The van der Waals surface area contributed by atoms with Crippen LogP contribution in [-0.2, 0) is 11.8 Å². The first-order chi connectivity index (χ1) is 17.9. The van der Waals surface area contributed by atoms with Crippen molar-refractivity contribution in [2.75, 3.05) is 19.0 Å². The van der Waals surface area contributed by atoms with Gasteiger partial charge >= 0.3 is 0 Å². The SMILES string of the molecule is COc1cc(-c2nc(Nc3ccc4[nH]ncc4c3Cl)n(C)n2)ccc1OCC(=O)N[C@@H]1CCCC[C@H]1O. The number of hydrogen-bond donors (Lipinski definition) is 4. The van der Waals surface area contributed by atoms with Crippen molar-refractivity contribution in [2.45, 2.75) is 37.8 Å². The largest absolute Gasteiger partial charge is 0.493 e. The molecule has 0 spiro atoms. The number of amides is 1. The molecule has 0 saturated heterocycles. The predicted octanol–water partition coefficient (Wildman–Crippen LogP) is 3.56. The molecule has 2 aromatic carbocycles. The summed E-state index contributed by atoms with van der Waals surface area (Å²) in [6, 6.07) is 8.76. The van der Waals surface area contributed by atoms with Gasteiger partial charge in [-0.05, 0) is 43.2 Å². The Hall–Kier alpha value is -3.83. The number of aliphatic hydroxyl groups excluding tert-OH is 1. The van der Waals surface area contributed by atoms with Crippen molar-refractivity contribution in [3.8, 4) is 22.9 Å². The predicted molar refractivity (Wildman–Crippen MR) is 139 cm³/mol. The summed E-state index contributed by atoms with van der Waals surface area (Å²) in [6.45, 7) is -0.184. The van der Waals surface area contributed by atoms with Crippen LogP contribution in [0.15, 0.2) is 36.5 Å². The number of ether oxygens (including phenoxy) is 2. The summed E-state index contributed by atoms with van der Waals surface area (Å²) in [5.41, 5.74) is 2.23. The summed E-state index contributed by atoms with van der Waals surface area (Å²) in [4.78, 5) is 17.0. The van der Waals surface area contributed by atoms with Crippen LogP contribution < -0.4 is 20.1 Å². The number of rotatable bonds is 8. The molecule has 4 aromatic rings. The van der Waals surface area contributed by atoms with Gasteiger partial charge in [-0.3, -0.25) is 9.89 Å². The number of aliphatic hydroxyl groups is 1. The van der Waals surface area contributed by atoms with Crippen molar-refractivity contribution in [1.82, 2.24) is 30.3 Å². The second kappa shape index (κ2) is 10.7. The van der Waals surface area contributed by atoms with Gasteiger partial charge in [0.15, 0.2) is 23.9 Å². The summed E-state index contributed by atoms with van der Waals surface area (Å²) in [7, 11) is 3.30. The van der Waals surface area contributed by atoms with E-state index in [0.29, 0.717) is 46.0 Å². The Kier molecular flexibility index (Phi) is 7.15. The van der Waals surface area contributed by atoms with E-state index in [1.54, 1.807) is 36.1 Å². The van der Waals surface area contributed by atoms with Crippen LogP contribution in [0.2, 0.25) is 5.02 Å². The summed E-state index contributed by atoms with van der Waals surface area (Å²) in [5.74, 6) is 1.55. The Bertz CT molecular complexity index is 1420. The van der Waals surface area contributed by atoms with Crippen LogP contribution in [-0.4, -0.2) is 61.8 Å². The third-order valence-corrected chi connectivity index (χ3v) is 6.83. The Morgan fingerprint density at radius 2 is 2.08 bits per heavy atom. The molecule has 1 aliphatic rings. The molecule has 4 N–H and O–H groups in total. The van der Waals surface area contributed by atoms with Crippen molar-refractivity contribution >= 4 is 40.0 Å². The smallest absolute Gasteiger partial charge is 0.258 e. The van der Waals surface area contributed by atoms with Gasteiger partial charge in [-0.15, -0.1) is 5.10 Å². The van der Waals surface area contributed by atoms with Gasteiger partial charge in [0.25, 0.3) is 5.91 Å². The molecule has 0 radical (unpaired) electrons. The van der Waals surface area contributed by atoms with Crippen molar-refractivity contribution in [2.24, 2.45) is 7.05 Å². The lowest BCUT2D eigenvalue weighted by Crippen LogP contribution is -2.46. The molecule has 1 fully saturated rings. The maximum absolute atomic E-state index is 12.4. The molecule has 0 bridgehead atoms. The number of aromatic nitrogens is 5. The highest BCUT2D eigenvalue weighted by atomic mass is 35.5. The van der Waals surface area contributed by atoms with Gasteiger partial charge in [-0.2, -0.15) is 10.1 Å². The van der Waals surface area contributed by atoms with Gasteiger partial charge in [0, 0.05) is 18.0 Å². The van der Waals surface area contributed by atoms with Gasteiger partial charge in [-0.25, -0.2) is 4.68 Å². The normalized spacial score (nSPS) is 17.5. The Balaban J connectivity index is 1.27. The van der Waals surface area contributed by atoms with Crippen LogP contribution >= 0.6 is 11.6 Å². The van der Waals surface area contributed by atoms with E-state index in [0.717, 1.165) is 30.2 Å². The molecule has 1 saturated carbocycles. The number of benzene rings is 2. The number of nitrogens with zero attached hydrogens (tertiary/aromatic N) is 4. The highest BCUT2D eigenvalue weighted by Gasteiger charge is 2.24. The first-order valence-corrected chi connectivity index (χ1v) is 12.4. The fourth-order valence-electron chi connectivity index (χ4n) is 4.41. The van der Waals surface area contributed by atoms with Crippen LogP contribution in [0.25, 0.3) is 22.3 Å². The van der Waals surface area contributed by atoms with Crippen LogP contribution in [0.5, 0.6) is 11.5 Å². The molecule has 1 amide bonds. The minimum absolute atomic E-state index is 0.184. The number of anilines is 2. The Morgan fingerprint density at radius 1 is 1.24 bits per heavy atom. The van der Waals surface area contributed by atoms with Crippen molar-refractivity contribution < 1.29 is 19.4 Å². The fourth-order valence-corrected chi connectivity index (χ4v) is 4.67. The lowest BCUT2D eigenvalue weighted by atomic mass is 9.92. The van der Waals surface area contributed by atoms with Gasteiger partial charge in [0.2, 0.25) is 5.95 Å². The number of aryl methyl sites for hydroxylation is 1. The van der Waals surface area contributed by atoms with Crippen LogP contribution in [0, 0.1) is 0 Å². The summed E-state index contributed by atoms with van der Waals surface area (Å²) >= 11 is 6.53. The second-order valence-corrected chi connectivity index (χ2v) is 9.32. The standard InChI is InChI=1S/C25H28ClN7O4/c1-33-25(29-18-9-8-16-15(23(18)26)12-27-31-16)30-24(32-33)14-7-10-20(21(11-14)36-2)37-13-22(35)28-17-5-3-4-6-19(17)34/h7-12,17,19,34H,3-6,13H2,1-2H3,(H,27,31)(H,28,35)(H,29,30,32)/t17-,19-/m1/s1. The average molecular weight is 526 g/mol. The molecule has 0 unspecified atom stereocenters.